The quantitative estimate of drug-likeness (QED) is 0.617. The number of piperidine rings is 1. The number of hydrogen-bond donors (Lipinski definition) is 1. The highest BCUT2D eigenvalue weighted by molar-refractivity contribution is 5.88. The first-order valence-corrected chi connectivity index (χ1v) is 9.94. The number of carbonyl (C=O) groups excluding carboxylic acids is 1. The van der Waals surface area contributed by atoms with Crippen molar-refractivity contribution in [2.75, 3.05) is 25.1 Å². The molecule has 0 saturated carbocycles. The number of benzene rings is 2. The van der Waals surface area contributed by atoms with Gasteiger partial charge in [0.2, 0.25) is 0 Å². The van der Waals surface area contributed by atoms with Crippen molar-refractivity contribution < 1.29 is 22.7 Å². The summed E-state index contributed by atoms with van der Waals surface area (Å²) >= 11 is 0. The monoisotopic (exact) mass is 430 g/mol. The van der Waals surface area contributed by atoms with Crippen molar-refractivity contribution in [1.29, 1.82) is 0 Å². The van der Waals surface area contributed by atoms with Crippen molar-refractivity contribution in [2.24, 2.45) is 5.92 Å². The molecule has 1 fully saturated rings. The highest BCUT2D eigenvalue weighted by Gasteiger charge is 2.33. The van der Waals surface area contributed by atoms with Gasteiger partial charge in [-0.15, -0.1) is 0 Å². The smallest absolute Gasteiger partial charge is 0.417 e. The molecular formula is C23H21F3N2O3. The van der Waals surface area contributed by atoms with E-state index >= 15 is 0 Å². The van der Waals surface area contributed by atoms with Crippen LogP contribution in [0, 0.1) is 5.92 Å². The van der Waals surface area contributed by atoms with Crippen molar-refractivity contribution in [3.63, 3.8) is 0 Å². The number of methoxy groups -OCH3 is 1. The first-order valence-electron chi connectivity index (χ1n) is 9.94. The van der Waals surface area contributed by atoms with Gasteiger partial charge in [0, 0.05) is 35.4 Å². The predicted molar refractivity (Wildman–Crippen MR) is 112 cm³/mol. The van der Waals surface area contributed by atoms with E-state index in [9.17, 15) is 22.8 Å². The maximum absolute atomic E-state index is 13.4. The minimum Gasteiger partial charge on any atom is -0.469 e. The molecule has 0 unspecified atom stereocenters. The van der Waals surface area contributed by atoms with Crippen LogP contribution in [0.4, 0.5) is 18.9 Å². The number of alkyl halides is 3. The summed E-state index contributed by atoms with van der Waals surface area (Å²) in [5.74, 6) is -0.331. The van der Waals surface area contributed by atoms with Gasteiger partial charge >= 0.3 is 12.1 Å². The van der Waals surface area contributed by atoms with Gasteiger partial charge in [-0.3, -0.25) is 9.59 Å². The van der Waals surface area contributed by atoms with Gasteiger partial charge in [-0.25, -0.2) is 0 Å². The number of hydrogen-bond acceptors (Lipinski definition) is 4. The Kier molecular flexibility index (Phi) is 5.47. The first kappa shape index (κ1) is 21.0. The molecule has 1 saturated heterocycles. The summed E-state index contributed by atoms with van der Waals surface area (Å²) in [5, 5.41) is 0.963. The minimum atomic E-state index is -4.53. The van der Waals surface area contributed by atoms with Crippen LogP contribution in [0.5, 0.6) is 0 Å². The van der Waals surface area contributed by atoms with Crippen molar-refractivity contribution in [1.82, 2.24) is 4.98 Å². The third-order valence-corrected chi connectivity index (χ3v) is 5.75. The van der Waals surface area contributed by atoms with Gasteiger partial charge in [0.05, 0.1) is 18.6 Å². The zero-order chi connectivity index (χ0) is 22.2. The average Bonchev–Trinajstić information content (AvgIpc) is 2.78. The van der Waals surface area contributed by atoms with Gasteiger partial charge in [0.25, 0.3) is 5.56 Å². The van der Waals surface area contributed by atoms with Gasteiger partial charge in [0.1, 0.15) is 0 Å². The fraction of sp³-hybridized carbons (Fsp3) is 0.304. The molecule has 0 atom stereocenters. The van der Waals surface area contributed by atoms with E-state index in [0.717, 1.165) is 11.8 Å². The Bertz CT molecular complexity index is 1180. The maximum Gasteiger partial charge on any atom is 0.417 e. The Morgan fingerprint density at radius 3 is 2.48 bits per heavy atom. The van der Waals surface area contributed by atoms with Gasteiger partial charge in [-0.1, -0.05) is 24.3 Å². The maximum atomic E-state index is 13.4. The normalized spacial score (nSPS) is 15.3. The molecule has 8 heteroatoms. The second-order valence-corrected chi connectivity index (χ2v) is 7.61. The summed E-state index contributed by atoms with van der Waals surface area (Å²) in [6.07, 6.45) is -3.20. The molecule has 0 aliphatic carbocycles. The van der Waals surface area contributed by atoms with E-state index in [1.807, 2.05) is 6.07 Å². The molecule has 31 heavy (non-hydrogen) atoms. The number of carbonyl (C=O) groups is 1. The topological polar surface area (TPSA) is 62.4 Å². The number of halogens is 3. The summed E-state index contributed by atoms with van der Waals surface area (Å²) in [6, 6.07) is 12.1. The Morgan fingerprint density at radius 1 is 1.10 bits per heavy atom. The van der Waals surface area contributed by atoms with Crippen molar-refractivity contribution in [2.45, 2.75) is 19.0 Å². The molecule has 0 bridgehead atoms. The van der Waals surface area contributed by atoms with Crippen LogP contribution < -0.4 is 10.5 Å². The molecule has 1 aliphatic heterocycles. The number of fused-ring (bicyclic) bond motifs is 1. The molecule has 3 aromatic rings. The summed E-state index contributed by atoms with van der Waals surface area (Å²) in [5.41, 5.74) is -0.351. The minimum absolute atomic E-state index is 0.0667. The number of aromatic amines is 1. The summed E-state index contributed by atoms with van der Waals surface area (Å²) in [7, 11) is 1.38. The lowest BCUT2D eigenvalue weighted by molar-refractivity contribution is -0.146. The molecule has 1 aromatic heterocycles. The van der Waals surface area contributed by atoms with Gasteiger partial charge in [0.15, 0.2) is 0 Å². The molecule has 2 heterocycles. The zero-order valence-electron chi connectivity index (χ0n) is 16.8. The standard InChI is InChI=1S/C23H21F3N2O3/c1-31-22(30)14-8-10-28(11-9-14)16-7-6-15-12-20(27-21(29)18(15)13-16)17-4-2-3-5-19(17)23(24,25)26/h2-7,12-14H,8-11H2,1H3,(H,27,29). The van der Waals surface area contributed by atoms with Gasteiger partial charge < -0.3 is 14.6 Å². The number of anilines is 1. The summed E-state index contributed by atoms with van der Waals surface area (Å²) < 4.78 is 45.0. The van der Waals surface area contributed by atoms with Crippen molar-refractivity contribution in [3.8, 4) is 11.3 Å². The molecule has 162 valence electrons. The molecule has 2 aromatic carbocycles. The van der Waals surface area contributed by atoms with Gasteiger partial charge in [-0.2, -0.15) is 13.2 Å². The number of ether oxygens (including phenoxy) is 1. The van der Waals surface area contributed by atoms with Crippen LogP contribution in [0.25, 0.3) is 22.0 Å². The number of aromatic nitrogens is 1. The fourth-order valence-corrected chi connectivity index (χ4v) is 4.10. The van der Waals surface area contributed by atoms with Crippen LogP contribution in [-0.2, 0) is 15.7 Å². The molecule has 1 N–H and O–H groups in total. The molecule has 0 spiro atoms. The Labute approximate surface area is 176 Å². The third-order valence-electron chi connectivity index (χ3n) is 5.75. The Balaban J connectivity index is 1.66. The van der Waals surface area contributed by atoms with Crippen LogP contribution in [0.2, 0.25) is 0 Å². The fourth-order valence-electron chi connectivity index (χ4n) is 4.10. The number of esters is 1. The molecule has 0 radical (unpaired) electrons. The van der Waals surface area contributed by atoms with Crippen LogP contribution in [0.3, 0.4) is 0 Å². The molecule has 1 aliphatic rings. The second kappa shape index (κ2) is 8.09. The lowest BCUT2D eigenvalue weighted by Gasteiger charge is -2.32. The third kappa shape index (κ3) is 4.15. The lowest BCUT2D eigenvalue weighted by Crippen LogP contribution is -2.36. The lowest BCUT2D eigenvalue weighted by atomic mass is 9.96. The van der Waals surface area contributed by atoms with E-state index in [4.69, 9.17) is 4.74 Å². The van der Waals surface area contributed by atoms with Crippen LogP contribution in [0.15, 0.2) is 53.3 Å². The van der Waals surface area contributed by atoms with E-state index < -0.39 is 17.3 Å². The van der Waals surface area contributed by atoms with Gasteiger partial charge in [-0.05, 0) is 42.5 Å². The number of rotatable bonds is 3. The predicted octanol–water partition coefficient (Wildman–Crippen LogP) is 4.60. The first-order chi connectivity index (χ1) is 14.8. The highest BCUT2D eigenvalue weighted by atomic mass is 19.4. The number of nitrogens with one attached hydrogen (secondary N) is 1. The Morgan fingerprint density at radius 2 is 1.81 bits per heavy atom. The van der Waals surface area contributed by atoms with Crippen LogP contribution in [0.1, 0.15) is 18.4 Å². The van der Waals surface area contributed by atoms with E-state index in [-0.39, 0.29) is 23.1 Å². The number of H-pyrrole nitrogens is 1. The SMILES string of the molecule is COC(=O)C1CCN(c2ccc3cc(-c4ccccc4C(F)(F)F)[nH]c(=O)c3c2)CC1. The van der Waals surface area contributed by atoms with Crippen molar-refractivity contribution in [3.05, 3.63) is 64.4 Å². The highest BCUT2D eigenvalue weighted by Crippen LogP contribution is 2.36. The Hall–Kier alpha value is -3.29. The van der Waals surface area contributed by atoms with Crippen LogP contribution in [-0.4, -0.2) is 31.2 Å². The summed E-state index contributed by atoms with van der Waals surface area (Å²) in [6.45, 7) is 1.31. The number of pyridine rings is 1. The van der Waals surface area contributed by atoms with Crippen molar-refractivity contribution >= 4 is 22.4 Å². The van der Waals surface area contributed by atoms with Crippen LogP contribution >= 0.6 is 0 Å². The molecule has 4 rings (SSSR count). The van der Waals surface area contributed by atoms with E-state index in [1.165, 1.54) is 25.3 Å². The molecule has 5 nitrogen and oxygen atoms in total. The van der Waals surface area contributed by atoms with E-state index in [1.54, 1.807) is 18.2 Å². The summed E-state index contributed by atoms with van der Waals surface area (Å²) in [4.78, 5) is 29.1. The largest absolute Gasteiger partial charge is 0.469 e. The zero-order valence-corrected chi connectivity index (χ0v) is 16.8. The average molecular weight is 430 g/mol. The second-order valence-electron chi connectivity index (χ2n) is 7.61. The molecular weight excluding hydrogens is 409 g/mol. The molecule has 0 amide bonds. The van der Waals surface area contributed by atoms with E-state index in [2.05, 4.69) is 9.88 Å². The number of nitrogens with zero attached hydrogens (tertiary/aromatic N) is 1. The van der Waals surface area contributed by atoms with E-state index in [0.29, 0.717) is 36.7 Å².